The Hall–Kier alpha value is -1.11. The van der Waals surface area contributed by atoms with E-state index in [9.17, 15) is 4.79 Å². The van der Waals surface area contributed by atoms with Gasteiger partial charge in [-0.3, -0.25) is 4.79 Å². The minimum Gasteiger partial charge on any atom is -0.294 e. The monoisotopic (exact) mass is 202 g/mol. The maximum atomic E-state index is 11.8. The van der Waals surface area contributed by atoms with Crippen molar-refractivity contribution in [1.82, 2.24) is 0 Å². The molecule has 0 fully saturated rings. The fraction of sp³-hybridized carbons (Fsp3) is 0.500. The Bertz CT molecular complexity index is 390. The van der Waals surface area contributed by atoms with Crippen molar-refractivity contribution in [3.63, 3.8) is 0 Å². The lowest BCUT2D eigenvalue weighted by molar-refractivity contribution is 0.0963. The summed E-state index contributed by atoms with van der Waals surface area (Å²) in [5, 5.41) is 0. The van der Waals surface area contributed by atoms with Gasteiger partial charge in [0.05, 0.1) is 0 Å². The van der Waals surface area contributed by atoms with Crippen LogP contribution in [0, 0.1) is 12.8 Å². The molecule has 0 radical (unpaired) electrons. The normalized spacial score (nSPS) is 20.5. The maximum Gasteiger partial charge on any atom is 0.163 e. The van der Waals surface area contributed by atoms with Crippen LogP contribution >= 0.6 is 0 Å². The van der Waals surface area contributed by atoms with Gasteiger partial charge in [0.25, 0.3) is 0 Å². The highest BCUT2D eigenvalue weighted by Gasteiger charge is 2.27. The summed E-state index contributed by atoms with van der Waals surface area (Å²) in [6, 6.07) is 6.23. The summed E-state index contributed by atoms with van der Waals surface area (Å²) in [5.41, 5.74) is 3.50. The molecule has 0 spiro atoms. The van der Waals surface area contributed by atoms with Crippen molar-refractivity contribution in [2.75, 3.05) is 0 Å². The van der Waals surface area contributed by atoms with Crippen molar-refractivity contribution in [2.24, 2.45) is 5.92 Å². The summed E-state index contributed by atoms with van der Waals surface area (Å²) in [7, 11) is 0. The van der Waals surface area contributed by atoms with E-state index in [0.717, 1.165) is 18.4 Å². The second-order valence-corrected chi connectivity index (χ2v) is 4.90. The van der Waals surface area contributed by atoms with Crippen molar-refractivity contribution in [2.45, 2.75) is 39.5 Å². The molecule has 0 saturated carbocycles. The highest BCUT2D eigenvalue weighted by Crippen LogP contribution is 2.36. The molecule has 1 atom stereocenters. The van der Waals surface area contributed by atoms with Gasteiger partial charge in [-0.25, -0.2) is 0 Å². The summed E-state index contributed by atoms with van der Waals surface area (Å²) in [6.45, 7) is 6.58. The summed E-state index contributed by atoms with van der Waals surface area (Å²) in [4.78, 5) is 11.8. The van der Waals surface area contributed by atoms with Gasteiger partial charge >= 0.3 is 0 Å². The lowest BCUT2D eigenvalue weighted by atomic mass is 9.76. The number of benzene rings is 1. The van der Waals surface area contributed by atoms with E-state index in [1.165, 1.54) is 11.1 Å². The third-order valence-corrected chi connectivity index (χ3v) is 3.39. The molecular formula is C14H18O. The Balaban J connectivity index is 2.51. The molecule has 1 aliphatic rings. The van der Waals surface area contributed by atoms with Crippen molar-refractivity contribution in [3.05, 3.63) is 34.9 Å². The van der Waals surface area contributed by atoms with E-state index in [0.29, 0.717) is 17.6 Å². The third kappa shape index (κ3) is 1.83. The molecule has 0 amide bonds. The van der Waals surface area contributed by atoms with Crippen LogP contribution in [0.3, 0.4) is 0 Å². The van der Waals surface area contributed by atoms with Gasteiger partial charge in [0.2, 0.25) is 0 Å². The SMILES string of the molecule is Cc1ccc2c(c1)[C@H](C(C)C)CCC2=O. The maximum absolute atomic E-state index is 11.8. The van der Waals surface area contributed by atoms with E-state index in [1.807, 2.05) is 12.1 Å². The summed E-state index contributed by atoms with van der Waals surface area (Å²) in [6.07, 6.45) is 1.74. The van der Waals surface area contributed by atoms with Crippen molar-refractivity contribution >= 4 is 5.78 Å². The standard InChI is InChI=1S/C14H18O/c1-9(2)11-6-7-14(15)12-5-4-10(3)8-13(11)12/h4-5,8-9,11H,6-7H2,1-3H3/t11-/m0/s1. The fourth-order valence-electron chi connectivity index (χ4n) is 2.51. The summed E-state index contributed by atoms with van der Waals surface area (Å²) < 4.78 is 0. The molecule has 0 aromatic heterocycles. The van der Waals surface area contributed by atoms with Gasteiger partial charge in [-0.2, -0.15) is 0 Å². The predicted molar refractivity (Wildman–Crippen MR) is 62.3 cm³/mol. The lowest BCUT2D eigenvalue weighted by Gasteiger charge is -2.28. The molecule has 1 aromatic carbocycles. The van der Waals surface area contributed by atoms with Crippen molar-refractivity contribution in [1.29, 1.82) is 0 Å². The molecule has 1 aliphatic carbocycles. The molecule has 1 nitrogen and oxygen atoms in total. The molecule has 0 N–H and O–H groups in total. The van der Waals surface area contributed by atoms with Crippen LogP contribution in [0.15, 0.2) is 18.2 Å². The molecule has 0 aliphatic heterocycles. The molecule has 0 saturated heterocycles. The second-order valence-electron chi connectivity index (χ2n) is 4.90. The van der Waals surface area contributed by atoms with E-state index < -0.39 is 0 Å². The number of carbonyl (C=O) groups excluding carboxylic acids is 1. The van der Waals surface area contributed by atoms with Gasteiger partial charge in [0, 0.05) is 12.0 Å². The van der Waals surface area contributed by atoms with Crippen molar-refractivity contribution in [3.8, 4) is 0 Å². The van der Waals surface area contributed by atoms with E-state index in [4.69, 9.17) is 0 Å². The van der Waals surface area contributed by atoms with Gasteiger partial charge in [0.1, 0.15) is 0 Å². The van der Waals surface area contributed by atoms with Crippen LogP contribution in [0.25, 0.3) is 0 Å². The fourth-order valence-corrected chi connectivity index (χ4v) is 2.51. The summed E-state index contributed by atoms with van der Waals surface area (Å²) >= 11 is 0. The average Bonchev–Trinajstić information content (AvgIpc) is 2.17. The Morgan fingerprint density at radius 2 is 2.07 bits per heavy atom. The second kappa shape index (κ2) is 3.80. The molecule has 80 valence electrons. The first-order valence-electron chi connectivity index (χ1n) is 5.73. The van der Waals surface area contributed by atoms with Crippen LogP contribution in [0.4, 0.5) is 0 Å². The highest BCUT2D eigenvalue weighted by molar-refractivity contribution is 5.98. The van der Waals surface area contributed by atoms with Gasteiger partial charge in [-0.1, -0.05) is 37.6 Å². The molecule has 0 heterocycles. The zero-order valence-electron chi connectivity index (χ0n) is 9.71. The molecule has 0 bridgehead atoms. The number of aryl methyl sites for hydroxylation is 1. The van der Waals surface area contributed by atoms with Crippen LogP contribution in [0.2, 0.25) is 0 Å². The number of hydrogen-bond acceptors (Lipinski definition) is 1. The number of ketones is 1. The minimum absolute atomic E-state index is 0.321. The van der Waals surface area contributed by atoms with E-state index in [2.05, 4.69) is 26.8 Å². The van der Waals surface area contributed by atoms with Crippen LogP contribution in [0.1, 0.15) is 54.1 Å². The first-order chi connectivity index (χ1) is 7.09. The van der Waals surface area contributed by atoms with Crippen LogP contribution in [0.5, 0.6) is 0 Å². The van der Waals surface area contributed by atoms with E-state index in [-0.39, 0.29) is 0 Å². The largest absolute Gasteiger partial charge is 0.294 e. The van der Waals surface area contributed by atoms with Gasteiger partial charge in [0.15, 0.2) is 5.78 Å². The lowest BCUT2D eigenvalue weighted by Crippen LogP contribution is -2.19. The Kier molecular flexibility index (Phi) is 2.64. The van der Waals surface area contributed by atoms with Crippen LogP contribution < -0.4 is 0 Å². The van der Waals surface area contributed by atoms with Crippen LogP contribution in [-0.4, -0.2) is 5.78 Å². The molecule has 15 heavy (non-hydrogen) atoms. The molecule has 1 aromatic rings. The Morgan fingerprint density at radius 3 is 2.73 bits per heavy atom. The first-order valence-corrected chi connectivity index (χ1v) is 5.73. The van der Waals surface area contributed by atoms with Gasteiger partial charge in [-0.05, 0) is 30.7 Å². The van der Waals surface area contributed by atoms with Gasteiger partial charge in [-0.15, -0.1) is 0 Å². The summed E-state index contributed by atoms with van der Waals surface area (Å²) in [5.74, 6) is 1.51. The number of Topliss-reactive ketones (excluding diaryl/α,β-unsaturated/α-hetero) is 1. The quantitative estimate of drug-likeness (QED) is 0.678. The zero-order valence-corrected chi connectivity index (χ0v) is 9.71. The predicted octanol–water partition coefficient (Wildman–Crippen LogP) is 3.71. The first kappa shape index (κ1) is 10.4. The van der Waals surface area contributed by atoms with Crippen molar-refractivity contribution < 1.29 is 4.79 Å². The van der Waals surface area contributed by atoms with Gasteiger partial charge < -0.3 is 0 Å². The number of hydrogen-bond donors (Lipinski definition) is 0. The molecule has 2 rings (SSSR count). The van der Waals surface area contributed by atoms with Crippen LogP contribution in [-0.2, 0) is 0 Å². The minimum atomic E-state index is 0.321. The topological polar surface area (TPSA) is 17.1 Å². The Labute approximate surface area is 91.5 Å². The molecular weight excluding hydrogens is 184 g/mol. The number of carbonyl (C=O) groups is 1. The smallest absolute Gasteiger partial charge is 0.163 e. The third-order valence-electron chi connectivity index (χ3n) is 3.39. The number of rotatable bonds is 1. The zero-order chi connectivity index (χ0) is 11.0. The van der Waals surface area contributed by atoms with E-state index >= 15 is 0 Å². The Morgan fingerprint density at radius 1 is 1.33 bits per heavy atom. The average molecular weight is 202 g/mol. The number of fused-ring (bicyclic) bond motifs is 1. The molecule has 0 unspecified atom stereocenters. The highest BCUT2D eigenvalue weighted by atomic mass is 16.1. The van der Waals surface area contributed by atoms with E-state index in [1.54, 1.807) is 0 Å². The molecule has 1 heteroatoms.